The van der Waals surface area contributed by atoms with Gasteiger partial charge < -0.3 is 15.0 Å². The second-order valence-corrected chi connectivity index (χ2v) is 6.75. The zero-order valence-electron chi connectivity index (χ0n) is 14.2. The second kappa shape index (κ2) is 8.78. The molecule has 0 aromatic heterocycles. The van der Waals surface area contributed by atoms with E-state index in [4.69, 9.17) is 4.74 Å². The van der Waals surface area contributed by atoms with Crippen molar-refractivity contribution in [3.05, 3.63) is 75.9 Å². The molecule has 2 aromatic carbocycles. The van der Waals surface area contributed by atoms with Crippen molar-refractivity contribution in [1.82, 2.24) is 10.2 Å². The lowest BCUT2D eigenvalue weighted by Crippen LogP contribution is -2.44. The summed E-state index contributed by atoms with van der Waals surface area (Å²) in [7, 11) is 0. The van der Waals surface area contributed by atoms with E-state index in [1.165, 1.54) is 0 Å². The van der Waals surface area contributed by atoms with Gasteiger partial charge in [-0.2, -0.15) is 0 Å². The average Bonchev–Trinajstić information content (AvgIpc) is 2.70. The van der Waals surface area contributed by atoms with Gasteiger partial charge in [-0.05, 0) is 35.9 Å². The van der Waals surface area contributed by atoms with Crippen molar-refractivity contribution < 1.29 is 14.3 Å². The number of benzene rings is 2. The van der Waals surface area contributed by atoms with Gasteiger partial charge in [-0.15, -0.1) is 0 Å². The van der Waals surface area contributed by atoms with Gasteiger partial charge in [0.25, 0.3) is 11.8 Å². The highest BCUT2D eigenvalue weighted by molar-refractivity contribution is 9.10. The Morgan fingerprint density at radius 2 is 1.65 bits per heavy atom. The predicted octanol–water partition coefficient (Wildman–Crippen LogP) is 3.08. The maximum Gasteiger partial charge on any atom is 0.270 e. The quantitative estimate of drug-likeness (QED) is 0.781. The highest BCUT2D eigenvalue weighted by Crippen LogP contribution is 2.14. The van der Waals surface area contributed by atoms with Crippen LogP contribution in [0.15, 0.2) is 64.8 Å². The van der Waals surface area contributed by atoms with Gasteiger partial charge in [0, 0.05) is 23.1 Å². The minimum atomic E-state index is -0.310. The van der Waals surface area contributed by atoms with E-state index in [-0.39, 0.29) is 17.5 Å². The first-order valence-electron chi connectivity index (χ1n) is 8.34. The van der Waals surface area contributed by atoms with Crippen LogP contribution in [0, 0.1) is 0 Å². The summed E-state index contributed by atoms with van der Waals surface area (Å²) in [4.78, 5) is 27.1. The van der Waals surface area contributed by atoms with Crippen molar-refractivity contribution in [2.24, 2.45) is 0 Å². The van der Waals surface area contributed by atoms with Gasteiger partial charge in [-0.25, -0.2) is 0 Å². The number of halogens is 1. The molecule has 0 unspecified atom stereocenters. The fraction of sp³-hybridized carbons (Fsp3) is 0.200. The summed E-state index contributed by atoms with van der Waals surface area (Å²) < 4.78 is 6.25. The number of carbonyl (C=O) groups excluding carboxylic acids is 2. The molecule has 5 nitrogen and oxygen atoms in total. The van der Waals surface area contributed by atoms with E-state index in [0.29, 0.717) is 31.9 Å². The van der Waals surface area contributed by atoms with Crippen LogP contribution in [0.4, 0.5) is 0 Å². The lowest BCUT2D eigenvalue weighted by atomic mass is 10.1. The molecule has 0 saturated carbocycles. The molecule has 0 aliphatic carbocycles. The van der Waals surface area contributed by atoms with E-state index in [0.717, 1.165) is 10.0 Å². The van der Waals surface area contributed by atoms with E-state index in [9.17, 15) is 9.59 Å². The van der Waals surface area contributed by atoms with Crippen LogP contribution in [0.5, 0.6) is 0 Å². The summed E-state index contributed by atoms with van der Waals surface area (Å²) in [5.41, 5.74) is 1.59. The number of carbonyl (C=O) groups is 2. The van der Waals surface area contributed by atoms with Gasteiger partial charge in [0.05, 0.1) is 13.2 Å². The fourth-order valence-electron chi connectivity index (χ4n) is 2.60. The van der Waals surface area contributed by atoms with E-state index < -0.39 is 0 Å². The Bertz CT molecular complexity index is 798. The molecule has 2 aromatic rings. The Hall–Kier alpha value is -2.44. The van der Waals surface area contributed by atoms with Gasteiger partial charge in [0.1, 0.15) is 5.70 Å². The first-order chi connectivity index (χ1) is 12.6. The molecule has 1 saturated heterocycles. The number of rotatable bonds is 4. The zero-order valence-corrected chi connectivity index (χ0v) is 15.7. The summed E-state index contributed by atoms with van der Waals surface area (Å²) >= 11 is 3.39. The molecule has 0 radical (unpaired) electrons. The standard InChI is InChI=1S/C20H19BrN2O3/c21-17-8-6-15(7-9-17)14-18(20(25)23-10-12-26-13-11-23)22-19(24)16-4-2-1-3-5-16/h1-9,14H,10-13H2,(H,22,24)/b18-14+. The summed E-state index contributed by atoms with van der Waals surface area (Å²) in [5, 5.41) is 2.77. The van der Waals surface area contributed by atoms with E-state index in [1.54, 1.807) is 35.2 Å². The molecule has 1 aliphatic rings. The maximum atomic E-state index is 12.9. The van der Waals surface area contributed by atoms with E-state index in [2.05, 4.69) is 21.2 Å². The molecule has 6 heteroatoms. The van der Waals surface area contributed by atoms with E-state index >= 15 is 0 Å². The fourth-order valence-corrected chi connectivity index (χ4v) is 2.86. The second-order valence-electron chi connectivity index (χ2n) is 5.83. The molecular weight excluding hydrogens is 396 g/mol. The third-order valence-electron chi connectivity index (χ3n) is 3.99. The monoisotopic (exact) mass is 414 g/mol. The molecule has 3 rings (SSSR count). The summed E-state index contributed by atoms with van der Waals surface area (Å²) in [6.45, 7) is 2.03. The molecule has 1 aliphatic heterocycles. The highest BCUT2D eigenvalue weighted by Gasteiger charge is 2.22. The van der Waals surface area contributed by atoms with Crippen LogP contribution in [0.1, 0.15) is 15.9 Å². The van der Waals surface area contributed by atoms with Crippen molar-refractivity contribution in [2.45, 2.75) is 0 Å². The Morgan fingerprint density at radius 3 is 2.31 bits per heavy atom. The molecule has 2 amide bonds. The molecule has 0 spiro atoms. The Labute approximate surface area is 160 Å². The topological polar surface area (TPSA) is 58.6 Å². The lowest BCUT2D eigenvalue weighted by Gasteiger charge is -2.27. The molecule has 26 heavy (non-hydrogen) atoms. The van der Waals surface area contributed by atoms with Gasteiger partial charge in [-0.1, -0.05) is 46.3 Å². The predicted molar refractivity (Wildman–Crippen MR) is 103 cm³/mol. The molecule has 1 N–H and O–H groups in total. The number of nitrogens with one attached hydrogen (secondary N) is 1. The molecule has 0 atom stereocenters. The SMILES string of the molecule is O=C(N/C(=C/c1ccc(Br)cc1)C(=O)N1CCOCC1)c1ccccc1. The van der Waals surface area contributed by atoms with Gasteiger partial charge >= 0.3 is 0 Å². The van der Waals surface area contributed by atoms with Crippen LogP contribution in [-0.2, 0) is 9.53 Å². The average molecular weight is 415 g/mol. The van der Waals surface area contributed by atoms with Crippen LogP contribution in [-0.4, -0.2) is 43.0 Å². The summed E-state index contributed by atoms with van der Waals surface area (Å²) in [6, 6.07) is 16.4. The zero-order chi connectivity index (χ0) is 18.4. The Balaban J connectivity index is 1.86. The van der Waals surface area contributed by atoms with Gasteiger partial charge in [-0.3, -0.25) is 9.59 Å². The van der Waals surface area contributed by atoms with Crippen molar-refractivity contribution >= 4 is 33.8 Å². The number of hydrogen-bond donors (Lipinski definition) is 1. The van der Waals surface area contributed by atoms with Crippen molar-refractivity contribution in [2.75, 3.05) is 26.3 Å². The molecule has 134 valence electrons. The van der Waals surface area contributed by atoms with Gasteiger partial charge in [0.15, 0.2) is 0 Å². The third-order valence-corrected chi connectivity index (χ3v) is 4.52. The smallest absolute Gasteiger partial charge is 0.270 e. The molecule has 1 fully saturated rings. The van der Waals surface area contributed by atoms with Crippen LogP contribution >= 0.6 is 15.9 Å². The summed E-state index contributed by atoms with van der Waals surface area (Å²) in [6.07, 6.45) is 1.70. The first kappa shape index (κ1) is 18.4. The highest BCUT2D eigenvalue weighted by atomic mass is 79.9. The van der Waals surface area contributed by atoms with Crippen molar-refractivity contribution in [1.29, 1.82) is 0 Å². The van der Waals surface area contributed by atoms with Crippen LogP contribution in [0.2, 0.25) is 0 Å². The minimum absolute atomic E-state index is 0.208. The first-order valence-corrected chi connectivity index (χ1v) is 9.13. The number of amides is 2. The minimum Gasteiger partial charge on any atom is -0.378 e. The lowest BCUT2D eigenvalue weighted by molar-refractivity contribution is -0.131. The number of hydrogen-bond acceptors (Lipinski definition) is 3. The summed E-state index contributed by atoms with van der Waals surface area (Å²) in [5.74, 6) is -0.518. The normalized spacial score (nSPS) is 14.8. The molecule has 0 bridgehead atoms. The van der Waals surface area contributed by atoms with Crippen LogP contribution < -0.4 is 5.32 Å². The largest absolute Gasteiger partial charge is 0.378 e. The Morgan fingerprint density at radius 1 is 1.00 bits per heavy atom. The molecule has 1 heterocycles. The Kier molecular flexibility index (Phi) is 6.20. The maximum absolute atomic E-state index is 12.9. The van der Waals surface area contributed by atoms with E-state index in [1.807, 2.05) is 30.3 Å². The molecular formula is C20H19BrN2O3. The van der Waals surface area contributed by atoms with Crippen molar-refractivity contribution in [3.63, 3.8) is 0 Å². The van der Waals surface area contributed by atoms with Crippen LogP contribution in [0.25, 0.3) is 6.08 Å². The third kappa shape index (κ3) is 4.80. The van der Waals surface area contributed by atoms with Gasteiger partial charge in [0.2, 0.25) is 0 Å². The van der Waals surface area contributed by atoms with Crippen molar-refractivity contribution in [3.8, 4) is 0 Å². The number of ether oxygens (including phenoxy) is 1. The van der Waals surface area contributed by atoms with Crippen LogP contribution in [0.3, 0.4) is 0 Å². The number of morpholine rings is 1. The number of nitrogens with zero attached hydrogens (tertiary/aromatic N) is 1.